The van der Waals surface area contributed by atoms with Gasteiger partial charge in [0, 0.05) is 19.2 Å². The molecule has 4 nitrogen and oxygen atoms in total. The van der Waals surface area contributed by atoms with Crippen LogP contribution in [0, 0.1) is 11.6 Å². The zero-order chi connectivity index (χ0) is 12.8. The molecule has 0 aromatic heterocycles. The Hall–Kier alpha value is -1.53. The van der Waals surface area contributed by atoms with E-state index < -0.39 is 23.6 Å². The van der Waals surface area contributed by atoms with Gasteiger partial charge in [0.1, 0.15) is 17.7 Å². The van der Waals surface area contributed by atoms with Crippen molar-refractivity contribution in [1.29, 1.82) is 0 Å². The molecule has 94 valence electrons. The normalized spacial score (nSPS) is 12.4. The molecule has 0 saturated heterocycles. The topological polar surface area (TPSA) is 58.6 Å². The number of methoxy groups -OCH3 is 1. The van der Waals surface area contributed by atoms with E-state index in [0.717, 1.165) is 18.2 Å². The van der Waals surface area contributed by atoms with Gasteiger partial charge in [-0.05, 0) is 18.2 Å². The van der Waals surface area contributed by atoms with E-state index in [1.54, 1.807) is 0 Å². The summed E-state index contributed by atoms with van der Waals surface area (Å²) in [5, 5.41) is 11.4. The molecule has 0 saturated carbocycles. The van der Waals surface area contributed by atoms with Crippen molar-refractivity contribution in [2.75, 3.05) is 13.7 Å². The lowest BCUT2D eigenvalue weighted by Gasteiger charge is -2.13. The van der Waals surface area contributed by atoms with Gasteiger partial charge in [0.15, 0.2) is 0 Å². The van der Waals surface area contributed by atoms with Crippen molar-refractivity contribution in [3.63, 3.8) is 0 Å². The van der Waals surface area contributed by atoms with E-state index in [0.29, 0.717) is 0 Å². The van der Waals surface area contributed by atoms with E-state index in [1.165, 1.54) is 7.11 Å². The van der Waals surface area contributed by atoms with E-state index >= 15 is 0 Å². The smallest absolute Gasteiger partial charge is 0.323 e. The average Bonchev–Trinajstić information content (AvgIpc) is 2.28. The van der Waals surface area contributed by atoms with Gasteiger partial charge in [-0.3, -0.25) is 10.1 Å². The van der Waals surface area contributed by atoms with Gasteiger partial charge in [0.2, 0.25) is 0 Å². The summed E-state index contributed by atoms with van der Waals surface area (Å²) in [6.45, 7) is -0.129. The van der Waals surface area contributed by atoms with Crippen LogP contribution >= 0.6 is 0 Å². The number of hydrogen-bond acceptors (Lipinski definition) is 3. The van der Waals surface area contributed by atoms with Crippen LogP contribution in [0.15, 0.2) is 18.2 Å². The molecule has 0 amide bonds. The Morgan fingerprint density at radius 1 is 1.53 bits per heavy atom. The Morgan fingerprint density at radius 2 is 2.24 bits per heavy atom. The van der Waals surface area contributed by atoms with E-state index in [-0.39, 0.29) is 18.7 Å². The maximum atomic E-state index is 13.2. The molecule has 1 aromatic rings. The van der Waals surface area contributed by atoms with Crippen molar-refractivity contribution in [2.45, 2.75) is 12.6 Å². The number of rotatable bonds is 6. The lowest BCUT2D eigenvalue weighted by atomic mass is 10.2. The number of aliphatic carboxylic acids is 1. The first-order valence-electron chi connectivity index (χ1n) is 4.93. The summed E-state index contributed by atoms with van der Waals surface area (Å²) >= 11 is 0. The maximum Gasteiger partial charge on any atom is 0.323 e. The summed E-state index contributed by atoms with van der Waals surface area (Å²) in [5.41, 5.74) is 0.0763. The third kappa shape index (κ3) is 4.08. The van der Waals surface area contributed by atoms with Gasteiger partial charge in [-0.15, -0.1) is 0 Å². The SMILES string of the molecule is COCC(NCc1cc(F)ccc1F)C(=O)O. The van der Waals surface area contributed by atoms with Gasteiger partial charge < -0.3 is 9.84 Å². The van der Waals surface area contributed by atoms with E-state index in [1.807, 2.05) is 0 Å². The molecule has 1 aromatic carbocycles. The van der Waals surface area contributed by atoms with Crippen molar-refractivity contribution in [3.8, 4) is 0 Å². The molecule has 17 heavy (non-hydrogen) atoms. The van der Waals surface area contributed by atoms with Gasteiger partial charge in [-0.2, -0.15) is 0 Å². The molecular weight excluding hydrogens is 232 g/mol. The minimum absolute atomic E-state index is 0.0493. The minimum Gasteiger partial charge on any atom is -0.480 e. The number of nitrogens with one attached hydrogen (secondary N) is 1. The predicted molar refractivity (Wildman–Crippen MR) is 56.5 cm³/mol. The van der Waals surface area contributed by atoms with E-state index in [2.05, 4.69) is 5.32 Å². The molecule has 0 aliphatic heterocycles. The Bertz CT molecular complexity index is 398. The van der Waals surface area contributed by atoms with Crippen LogP contribution in [0.5, 0.6) is 0 Å². The average molecular weight is 245 g/mol. The second-order valence-corrected chi connectivity index (χ2v) is 3.46. The Balaban J connectivity index is 2.64. The number of carboxylic acids is 1. The third-order valence-electron chi connectivity index (χ3n) is 2.18. The van der Waals surface area contributed by atoms with Crippen LogP contribution in [0.4, 0.5) is 8.78 Å². The molecular formula is C11H13F2NO3. The van der Waals surface area contributed by atoms with Gasteiger partial charge in [-0.25, -0.2) is 8.78 Å². The summed E-state index contributed by atoms with van der Waals surface area (Å²) in [4.78, 5) is 10.8. The van der Waals surface area contributed by atoms with Gasteiger partial charge in [0.25, 0.3) is 0 Å². The summed E-state index contributed by atoms with van der Waals surface area (Å²) in [6.07, 6.45) is 0. The molecule has 0 heterocycles. The predicted octanol–water partition coefficient (Wildman–Crippen LogP) is 1.15. The molecule has 0 aliphatic rings. The first-order chi connectivity index (χ1) is 8.04. The second kappa shape index (κ2) is 6.27. The zero-order valence-corrected chi connectivity index (χ0v) is 9.24. The van der Waals surface area contributed by atoms with Crippen LogP contribution in [0.2, 0.25) is 0 Å². The minimum atomic E-state index is -1.11. The quantitative estimate of drug-likeness (QED) is 0.789. The molecule has 0 aliphatic carbocycles. The van der Waals surface area contributed by atoms with E-state index in [9.17, 15) is 13.6 Å². The number of carboxylic acid groups (broad SMARTS) is 1. The van der Waals surface area contributed by atoms with Gasteiger partial charge in [-0.1, -0.05) is 0 Å². The molecule has 1 rings (SSSR count). The van der Waals surface area contributed by atoms with Crippen LogP contribution < -0.4 is 5.32 Å². The van der Waals surface area contributed by atoms with Crippen molar-refractivity contribution in [2.24, 2.45) is 0 Å². The molecule has 6 heteroatoms. The highest BCUT2D eigenvalue weighted by atomic mass is 19.1. The fourth-order valence-corrected chi connectivity index (χ4v) is 1.30. The number of carbonyl (C=O) groups is 1. The standard InChI is InChI=1S/C11H13F2NO3/c1-17-6-10(11(15)16)14-5-7-4-8(12)2-3-9(7)13/h2-4,10,14H,5-6H2,1H3,(H,15,16). The Labute approximate surface area is 97.2 Å². The van der Waals surface area contributed by atoms with Crippen molar-refractivity contribution < 1.29 is 23.4 Å². The van der Waals surface area contributed by atoms with Crippen LogP contribution in [0.1, 0.15) is 5.56 Å². The number of ether oxygens (including phenoxy) is 1. The van der Waals surface area contributed by atoms with E-state index in [4.69, 9.17) is 9.84 Å². The van der Waals surface area contributed by atoms with Crippen LogP contribution in [-0.2, 0) is 16.1 Å². The number of halogens is 2. The molecule has 0 radical (unpaired) electrons. The zero-order valence-electron chi connectivity index (χ0n) is 9.24. The number of benzene rings is 1. The monoisotopic (exact) mass is 245 g/mol. The highest BCUT2D eigenvalue weighted by Gasteiger charge is 2.17. The second-order valence-electron chi connectivity index (χ2n) is 3.46. The Kier molecular flexibility index (Phi) is 4.99. The molecule has 1 atom stereocenters. The molecule has 0 bridgehead atoms. The summed E-state index contributed by atoms with van der Waals surface area (Å²) in [7, 11) is 1.36. The lowest BCUT2D eigenvalue weighted by molar-refractivity contribution is -0.140. The highest BCUT2D eigenvalue weighted by Crippen LogP contribution is 2.09. The van der Waals surface area contributed by atoms with Crippen LogP contribution in [0.25, 0.3) is 0 Å². The maximum absolute atomic E-state index is 13.2. The fourth-order valence-electron chi connectivity index (χ4n) is 1.30. The molecule has 2 N–H and O–H groups in total. The lowest BCUT2D eigenvalue weighted by Crippen LogP contribution is -2.40. The van der Waals surface area contributed by atoms with Crippen LogP contribution in [0.3, 0.4) is 0 Å². The Morgan fingerprint density at radius 3 is 2.82 bits per heavy atom. The third-order valence-corrected chi connectivity index (χ3v) is 2.18. The van der Waals surface area contributed by atoms with Crippen molar-refractivity contribution >= 4 is 5.97 Å². The summed E-state index contributed by atoms with van der Waals surface area (Å²) < 4.78 is 30.8. The van der Waals surface area contributed by atoms with Crippen molar-refractivity contribution in [1.82, 2.24) is 5.32 Å². The summed E-state index contributed by atoms with van der Waals surface area (Å²) in [6, 6.07) is 2.07. The van der Waals surface area contributed by atoms with Gasteiger partial charge >= 0.3 is 5.97 Å². The molecule has 0 fully saturated rings. The fraction of sp³-hybridized carbons (Fsp3) is 0.364. The largest absolute Gasteiger partial charge is 0.480 e. The first-order valence-corrected chi connectivity index (χ1v) is 4.93. The first kappa shape index (κ1) is 13.5. The van der Waals surface area contributed by atoms with Gasteiger partial charge in [0.05, 0.1) is 6.61 Å². The highest BCUT2D eigenvalue weighted by molar-refractivity contribution is 5.73. The molecule has 0 spiro atoms. The molecule has 1 unspecified atom stereocenters. The van der Waals surface area contributed by atoms with Crippen LogP contribution in [-0.4, -0.2) is 30.8 Å². The number of hydrogen-bond donors (Lipinski definition) is 2. The summed E-state index contributed by atoms with van der Waals surface area (Å²) in [5.74, 6) is -2.26. The van der Waals surface area contributed by atoms with Crippen molar-refractivity contribution in [3.05, 3.63) is 35.4 Å².